The average Bonchev–Trinajstić information content (AvgIpc) is 2.73. The smallest absolute Gasteiger partial charge is 0.272 e. The van der Waals surface area contributed by atoms with Crippen molar-refractivity contribution < 1.29 is 4.79 Å². The minimum Gasteiger partial charge on any atom is -0.336 e. The van der Waals surface area contributed by atoms with Crippen molar-refractivity contribution in [3.05, 3.63) is 30.1 Å². The molecule has 0 spiro atoms. The van der Waals surface area contributed by atoms with Crippen LogP contribution in [-0.4, -0.2) is 60.0 Å². The monoisotopic (exact) mass is 276 g/mol. The molecular formula is C15H24N4O. The number of carbonyl (C=O) groups excluding carboxylic acids is 1. The maximum absolute atomic E-state index is 12.3. The number of unbranched alkanes of at least 4 members (excludes halogenated alkanes) is 1. The van der Waals surface area contributed by atoms with Crippen LogP contribution in [0.1, 0.15) is 29.8 Å². The highest BCUT2D eigenvalue weighted by Crippen LogP contribution is 2.08. The molecule has 2 N–H and O–H groups in total. The van der Waals surface area contributed by atoms with Crippen molar-refractivity contribution in [3.8, 4) is 0 Å². The first-order valence-corrected chi connectivity index (χ1v) is 7.44. The van der Waals surface area contributed by atoms with E-state index >= 15 is 0 Å². The number of amides is 1. The van der Waals surface area contributed by atoms with Crippen LogP contribution >= 0.6 is 0 Å². The van der Waals surface area contributed by atoms with Gasteiger partial charge in [0.1, 0.15) is 5.69 Å². The molecule has 1 aliphatic heterocycles. The van der Waals surface area contributed by atoms with Gasteiger partial charge in [-0.05, 0) is 51.0 Å². The van der Waals surface area contributed by atoms with Crippen LogP contribution in [-0.2, 0) is 0 Å². The molecule has 0 unspecified atom stereocenters. The van der Waals surface area contributed by atoms with Crippen LogP contribution < -0.4 is 5.73 Å². The molecule has 0 bridgehead atoms. The van der Waals surface area contributed by atoms with E-state index in [1.165, 1.54) is 0 Å². The fraction of sp³-hybridized carbons (Fsp3) is 0.600. The van der Waals surface area contributed by atoms with Gasteiger partial charge in [0.25, 0.3) is 5.91 Å². The van der Waals surface area contributed by atoms with Gasteiger partial charge < -0.3 is 15.5 Å². The van der Waals surface area contributed by atoms with E-state index in [2.05, 4.69) is 9.88 Å². The SMILES string of the molecule is NCCCCN1CCCN(C(=O)c2ccccn2)CC1. The Bertz CT molecular complexity index is 410. The Kier molecular flexibility index (Phi) is 5.95. The predicted molar refractivity (Wildman–Crippen MR) is 79.5 cm³/mol. The Morgan fingerprint density at radius 3 is 2.85 bits per heavy atom. The van der Waals surface area contributed by atoms with E-state index in [9.17, 15) is 4.79 Å². The topological polar surface area (TPSA) is 62.5 Å². The normalized spacial score (nSPS) is 16.9. The molecule has 20 heavy (non-hydrogen) atoms. The number of hydrogen-bond donors (Lipinski definition) is 1. The molecule has 110 valence electrons. The highest BCUT2D eigenvalue weighted by Gasteiger charge is 2.20. The van der Waals surface area contributed by atoms with Crippen LogP contribution in [0.2, 0.25) is 0 Å². The number of carbonyl (C=O) groups is 1. The van der Waals surface area contributed by atoms with Gasteiger partial charge >= 0.3 is 0 Å². The van der Waals surface area contributed by atoms with Crippen molar-refractivity contribution in [2.45, 2.75) is 19.3 Å². The van der Waals surface area contributed by atoms with Gasteiger partial charge in [-0.25, -0.2) is 0 Å². The zero-order valence-electron chi connectivity index (χ0n) is 12.0. The summed E-state index contributed by atoms with van der Waals surface area (Å²) in [7, 11) is 0. The van der Waals surface area contributed by atoms with E-state index in [1.807, 2.05) is 17.0 Å². The fourth-order valence-corrected chi connectivity index (χ4v) is 2.53. The quantitative estimate of drug-likeness (QED) is 0.814. The number of aromatic nitrogens is 1. The van der Waals surface area contributed by atoms with Gasteiger partial charge in [0.2, 0.25) is 0 Å². The van der Waals surface area contributed by atoms with E-state index in [0.29, 0.717) is 5.69 Å². The summed E-state index contributed by atoms with van der Waals surface area (Å²) >= 11 is 0. The molecule has 1 amide bonds. The molecule has 1 fully saturated rings. The summed E-state index contributed by atoms with van der Waals surface area (Å²) in [5.74, 6) is 0.0504. The zero-order chi connectivity index (χ0) is 14.2. The molecule has 0 aliphatic carbocycles. The number of hydrogen-bond acceptors (Lipinski definition) is 4. The molecule has 5 nitrogen and oxygen atoms in total. The molecular weight excluding hydrogens is 252 g/mol. The predicted octanol–water partition coefficient (Wildman–Crippen LogP) is 0.968. The number of pyridine rings is 1. The largest absolute Gasteiger partial charge is 0.336 e. The Balaban J connectivity index is 1.85. The molecule has 5 heteroatoms. The lowest BCUT2D eigenvalue weighted by atomic mass is 10.3. The number of nitrogens with two attached hydrogens (primary N) is 1. The van der Waals surface area contributed by atoms with Crippen molar-refractivity contribution in [1.82, 2.24) is 14.8 Å². The van der Waals surface area contributed by atoms with Gasteiger partial charge in [0.15, 0.2) is 0 Å². The third kappa shape index (κ3) is 4.28. The summed E-state index contributed by atoms with van der Waals surface area (Å²) in [5, 5.41) is 0. The fourth-order valence-electron chi connectivity index (χ4n) is 2.53. The van der Waals surface area contributed by atoms with Crippen molar-refractivity contribution in [1.29, 1.82) is 0 Å². The minimum absolute atomic E-state index is 0.0504. The van der Waals surface area contributed by atoms with Crippen molar-refractivity contribution in [3.63, 3.8) is 0 Å². The first-order chi connectivity index (χ1) is 9.81. The first kappa shape index (κ1) is 14.9. The third-order valence-electron chi connectivity index (χ3n) is 3.69. The molecule has 0 aromatic carbocycles. The minimum atomic E-state index is 0.0504. The summed E-state index contributed by atoms with van der Waals surface area (Å²) < 4.78 is 0. The Labute approximate surface area is 120 Å². The molecule has 2 heterocycles. The lowest BCUT2D eigenvalue weighted by Gasteiger charge is -2.21. The Hall–Kier alpha value is -1.46. The summed E-state index contributed by atoms with van der Waals surface area (Å²) in [6, 6.07) is 5.47. The van der Waals surface area contributed by atoms with Gasteiger partial charge in [-0.3, -0.25) is 9.78 Å². The summed E-state index contributed by atoms with van der Waals surface area (Å²) in [6.07, 6.45) is 4.92. The summed E-state index contributed by atoms with van der Waals surface area (Å²) in [6.45, 7) is 5.47. The molecule has 1 aliphatic rings. The lowest BCUT2D eigenvalue weighted by molar-refractivity contribution is 0.0755. The maximum Gasteiger partial charge on any atom is 0.272 e. The second-order valence-corrected chi connectivity index (χ2v) is 5.20. The summed E-state index contributed by atoms with van der Waals surface area (Å²) in [4.78, 5) is 20.8. The van der Waals surface area contributed by atoms with E-state index in [4.69, 9.17) is 5.73 Å². The lowest BCUT2D eigenvalue weighted by Crippen LogP contribution is -2.35. The van der Waals surface area contributed by atoms with Crippen molar-refractivity contribution >= 4 is 5.91 Å². The van der Waals surface area contributed by atoms with Crippen molar-refractivity contribution in [2.75, 3.05) is 39.3 Å². The second kappa shape index (κ2) is 7.97. The van der Waals surface area contributed by atoms with Crippen LogP contribution in [0, 0.1) is 0 Å². The number of rotatable bonds is 5. The van der Waals surface area contributed by atoms with E-state index in [0.717, 1.165) is 58.5 Å². The average molecular weight is 276 g/mol. The van der Waals surface area contributed by atoms with Gasteiger partial charge in [0.05, 0.1) is 0 Å². The van der Waals surface area contributed by atoms with Crippen LogP contribution in [0.25, 0.3) is 0 Å². The zero-order valence-corrected chi connectivity index (χ0v) is 12.0. The standard InChI is InChI=1S/C15H24N4O/c16-7-2-4-9-18-10-5-11-19(13-12-18)15(20)14-6-1-3-8-17-14/h1,3,6,8H,2,4-5,7,9-13,16H2. The Morgan fingerprint density at radius 2 is 2.10 bits per heavy atom. The van der Waals surface area contributed by atoms with Crippen LogP contribution in [0.4, 0.5) is 0 Å². The number of nitrogens with zero attached hydrogens (tertiary/aromatic N) is 3. The van der Waals surface area contributed by atoms with Gasteiger partial charge in [-0.15, -0.1) is 0 Å². The molecule has 2 rings (SSSR count). The second-order valence-electron chi connectivity index (χ2n) is 5.20. The van der Waals surface area contributed by atoms with Crippen molar-refractivity contribution in [2.24, 2.45) is 5.73 Å². The molecule has 1 aromatic rings. The molecule has 0 saturated carbocycles. The highest BCUT2D eigenvalue weighted by atomic mass is 16.2. The van der Waals surface area contributed by atoms with Crippen LogP contribution in [0.15, 0.2) is 24.4 Å². The Morgan fingerprint density at radius 1 is 1.20 bits per heavy atom. The maximum atomic E-state index is 12.3. The summed E-state index contributed by atoms with van der Waals surface area (Å²) in [5.41, 5.74) is 6.07. The first-order valence-electron chi connectivity index (χ1n) is 7.44. The highest BCUT2D eigenvalue weighted by molar-refractivity contribution is 5.92. The van der Waals surface area contributed by atoms with Crippen LogP contribution in [0.5, 0.6) is 0 Å². The van der Waals surface area contributed by atoms with E-state index in [1.54, 1.807) is 12.3 Å². The van der Waals surface area contributed by atoms with Gasteiger partial charge in [-0.1, -0.05) is 6.07 Å². The molecule has 0 atom stereocenters. The van der Waals surface area contributed by atoms with Gasteiger partial charge in [0, 0.05) is 25.8 Å². The van der Waals surface area contributed by atoms with Gasteiger partial charge in [-0.2, -0.15) is 0 Å². The van der Waals surface area contributed by atoms with Crippen LogP contribution in [0.3, 0.4) is 0 Å². The third-order valence-corrected chi connectivity index (χ3v) is 3.69. The molecule has 1 aromatic heterocycles. The molecule has 0 radical (unpaired) electrons. The molecule has 1 saturated heterocycles. The van der Waals surface area contributed by atoms with E-state index in [-0.39, 0.29) is 5.91 Å². The van der Waals surface area contributed by atoms with E-state index < -0.39 is 0 Å².